The van der Waals surface area contributed by atoms with E-state index in [2.05, 4.69) is 19.8 Å². The Hall–Kier alpha value is -1.20. The summed E-state index contributed by atoms with van der Waals surface area (Å²) in [7, 11) is 0. The lowest BCUT2D eigenvalue weighted by Crippen LogP contribution is -2.35. The molecule has 0 saturated carbocycles. The van der Waals surface area contributed by atoms with Crippen molar-refractivity contribution in [2.75, 3.05) is 31.1 Å². The van der Waals surface area contributed by atoms with Crippen molar-refractivity contribution in [3.05, 3.63) is 18.1 Å². The lowest BCUT2D eigenvalue weighted by molar-refractivity contribution is 0.260. The number of likely N-dealkylation sites (tertiary alicyclic amines) is 1. The Labute approximate surface area is 107 Å². The van der Waals surface area contributed by atoms with E-state index in [1.165, 1.54) is 32.4 Å². The topological polar surface area (TPSA) is 52.5 Å². The Morgan fingerprint density at radius 1 is 1.22 bits per heavy atom. The molecule has 18 heavy (non-hydrogen) atoms. The van der Waals surface area contributed by atoms with Gasteiger partial charge in [0.25, 0.3) is 0 Å². The summed E-state index contributed by atoms with van der Waals surface area (Å²) in [6.07, 6.45) is 7.32. The van der Waals surface area contributed by atoms with Gasteiger partial charge in [-0.3, -0.25) is 9.88 Å². The SMILES string of the molecule is OCc1cncc(N2CCC(N3CCCC3)C2)n1. The highest BCUT2D eigenvalue weighted by atomic mass is 16.3. The summed E-state index contributed by atoms with van der Waals surface area (Å²) < 4.78 is 0. The van der Waals surface area contributed by atoms with E-state index in [1.807, 2.05) is 0 Å². The molecule has 0 amide bonds. The van der Waals surface area contributed by atoms with Crippen molar-refractivity contribution >= 4 is 5.82 Å². The Balaban J connectivity index is 1.67. The van der Waals surface area contributed by atoms with Crippen molar-refractivity contribution in [3.8, 4) is 0 Å². The van der Waals surface area contributed by atoms with E-state index < -0.39 is 0 Å². The van der Waals surface area contributed by atoms with Crippen LogP contribution in [0.4, 0.5) is 5.82 Å². The molecule has 5 nitrogen and oxygen atoms in total. The number of hydrogen-bond donors (Lipinski definition) is 1. The van der Waals surface area contributed by atoms with Gasteiger partial charge in [-0.2, -0.15) is 0 Å². The molecule has 3 heterocycles. The summed E-state index contributed by atoms with van der Waals surface area (Å²) in [6, 6.07) is 0.673. The van der Waals surface area contributed by atoms with E-state index in [0.717, 1.165) is 18.9 Å². The van der Waals surface area contributed by atoms with Crippen molar-refractivity contribution in [1.29, 1.82) is 0 Å². The summed E-state index contributed by atoms with van der Waals surface area (Å²) in [5.74, 6) is 0.906. The van der Waals surface area contributed by atoms with Crippen LogP contribution in [-0.4, -0.2) is 52.2 Å². The Morgan fingerprint density at radius 3 is 2.83 bits per heavy atom. The molecule has 5 heteroatoms. The minimum Gasteiger partial charge on any atom is -0.390 e. The van der Waals surface area contributed by atoms with Crippen LogP contribution in [0.5, 0.6) is 0 Å². The molecule has 2 aliphatic rings. The number of nitrogens with zero attached hydrogens (tertiary/aromatic N) is 4. The number of rotatable bonds is 3. The molecule has 1 aromatic heterocycles. The minimum atomic E-state index is -0.0375. The first-order valence-corrected chi connectivity index (χ1v) is 6.77. The number of hydrogen-bond acceptors (Lipinski definition) is 5. The van der Waals surface area contributed by atoms with Gasteiger partial charge in [-0.05, 0) is 32.4 Å². The summed E-state index contributed by atoms with van der Waals surface area (Å²) in [6.45, 7) is 4.56. The van der Waals surface area contributed by atoms with Gasteiger partial charge in [-0.25, -0.2) is 4.98 Å². The van der Waals surface area contributed by atoms with Gasteiger partial charge in [0, 0.05) is 19.1 Å². The van der Waals surface area contributed by atoms with Crippen molar-refractivity contribution in [2.24, 2.45) is 0 Å². The monoisotopic (exact) mass is 248 g/mol. The average molecular weight is 248 g/mol. The summed E-state index contributed by atoms with van der Waals surface area (Å²) in [4.78, 5) is 13.5. The van der Waals surface area contributed by atoms with Gasteiger partial charge in [0.15, 0.2) is 0 Å². The first-order valence-electron chi connectivity index (χ1n) is 6.77. The van der Waals surface area contributed by atoms with Crippen molar-refractivity contribution < 1.29 is 5.11 Å². The summed E-state index contributed by atoms with van der Waals surface area (Å²) in [5, 5.41) is 9.10. The minimum absolute atomic E-state index is 0.0375. The van der Waals surface area contributed by atoms with Crippen LogP contribution < -0.4 is 4.90 Å². The van der Waals surface area contributed by atoms with Crippen LogP contribution in [-0.2, 0) is 6.61 Å². The first-order chi connectivity index (χ1) is 8.86. The molecule has 0 aromatic carbocycles. The quantitative estimate of drug-likeness (QED) is 0.851. The van der Waals surface area contributed by atoms with E-state index in [4.69, 9.17) is 5.11 Å². The smallest absolute Gasteiger partial charge is 0.147 e. The Morgan fingerprint density at radius 2 is 2.06 bits per heavy atom. The van der Waals surface area contributed by atoms with E-state index in [9.17, 15) is 0 Å². The Bertz CT molecular complexity index is 406. The molecule has 1 unspecified atom stereocenters. The molecular formula is C13H20N4O. The van der Waals surface area contributed by atoms with E-state index in [0.29, 0.717) is 11.7 Å². The highest BCUT2D eigenvalue weighted by molar-refractivity contribution is 5.38. The lowest BCUT2D eigenvalue weighted by atomic mass is 10.2. The molecule has 1 atom stereocenters. The lowest BCUT2D eigenvalue weighted by Gasteiger charge is -2.24. The molecule has 0 bridgehead atoms. The third-order valence-corrected chi connectivity index (χ3v) is 3.98. The van der Waals surface area contributed by atoms with Crippen molar-refractivity contribution in [1.82, 2.24) is 14.9 Å². The maximum Gasteiger partial charge on any atom is 0.147 e. The van der Waals surface area contributed by atoms with E-state index in [1.54, 1.807) is 12.4 Å². The molecule has 1 aromatic rings. The van der Waals surface area contributed by atoms with Gasteiger partial charge in [0.1, 0.15) is 5.82 Å². The third-order valence-electron chi connectivity index (χ3n) is 3.98. The summed E-state index contributed by atoms with van der Waals surface area (Å²) >= 11 is 0. The zero-order chi connectivity index (χ0) is 12.4. The summed E-state index contributed by atoms with van der Waals surface area (Å²) in [5.41, 5.74) is 0.650. The van der Waals surface area contributed by atoms with E-state index >= 15 is 0 Å². The molecule has 2 saturated heterocycles. The van der Waals surface area contributed by atoms with Crippen molar-refractivity contribution in [2.45, 2.75) is 31.9 Å². The van der Waals surface area contributed by atoms with Crippen LogP contribution >= 0.6 is 0 Å². The highest BCUT2D eigenvalue weighted by Crippen LogP contribution is 2.23. The van der Waals surface area contributed by atoms with Crippen LogP contribution in [0.25, 0.3) is 0 Å². The fourth-order valence-electron chi connectivity index (χ4n) is 2.98. The molecular weight excluding hydrogens is 228 g/mol. The fraction of sp³-hybridized carbons (Fsp3) is 0.692. The molecule has 1 N–H and O–H groups in total. The van der Waals surface area contributed by atoms with Gasteiger partial charge in [0.2, 0.25) is 0 Å². The average Bonchev–Trinajstić information content (AvgIpc) is 3.09. The van der Waals surface area contributed by atoms with Crippen LogP contribution in [0.2, 0.25) is 0 Å². The molecule has 0 aliphatic carbocycles. The van der Waals surface area contributed by atoms with Crippen molar-refractivity contribution in [3.63, 3.8) is 0 Å². The second-order valence-corrected chi connectivity index (χ2v) is 5.16. The number of anilines is 1. The highest BCUT2D eigenvalue weighted by Gasteiger charge is 2.29. The van der Waals surface area contributed by atoms with Gasteiger partial charge in [0.05, 0.1) is 24.7 Å². The second kappa shape index (κ2) is 5.20. The van der Waals surface area contributed by atoms with Gasteiger partial charge in [-0.15, -0.1) is 0 Å². The van der Waals surface area contributed by atoms with Gasteiger partial charge >= 0.3 is 0 Å². The fourth-order valence-corrected chi connectivity index (χ4v) is 2.98. The standard InChI is InChI=1S/C13H20N4O/c18-10-11-7-14-8-13(15-11)17-6-3-12(9-17)16-4-1-2-5-16/h7-8,12,18H,1-6,9-10H2. The molecule has 0 radical (unpaired) electrons. The molecule has 3 rings (SSSR count). The number of aliphatic hydroxyl groups is 1. The van der Waals surface area contributed by atoms with E-state index in [-0.39, 0.29) is 6.61 Å². The second-order valence-electron chi connectivity index (χ2n) is 5.16. The first kappa shape index (κ1) is 11.9. The zero-order valence-electron chi connectivity index (χ0n) is 10.6. The number of aromatic nitrogens is 2. The van der Waals surface area contributed by atoms with Crippen LogP contribution in [0.15, 0.2) is 12.4 Å². The predicted octanol–water partition coefficient (Wildman–Crippen LogP) is 0.643. The maximum absolute atomic E-state index is 9.10. The largest absolute Gasteiger partial charge is 0.390 e. The normalized spacial score (nSPS) is 24.9. The number of aliphatic hydroxyl groups excluding tert-OH is 1. The molecule has 98 valence electrons. The van der Waals surface area contributed by atoms with Gasteiger partial charge in [-0.1, -0.05) is 0 Å². The van der Waals surface area contributed by atoms with Gasteiger partial charge < -0.3 is 10.0 Å². The third kappa shape index (κ3) is 2.33. The van der Waals surface area contributed by atoms with Crippen LogP contribution in [0.3, 0.4) is 0 Å². The molecule has 0 spiro atoms. The Kier molecular flexibility index (Phi) is 3.43. The zero-order valence-corrected chi connectivity index (χ0v) is 10.6. The van der Waals surface area contributed by atoms with Crippen LogP contribution in [0, 0.1) is 0 Å². The molecule has 2 aliphatic heterocycles. The maximum atomic E-state index is 9.10. The molecule has 2 fully saturated rings. The van der Waals surface area contributed by atoms with Crippen LogP contribution in [0.1, 0.15) is 25.0 Å². The predicted molar refractivity (Wildman–Crippen MR) is 69.4 cm³/mol.